The van der Waals surface area contributed by atoms with Gasteiger partial charge in [-0.2, -0.15) is 0 Å². The minimum absolute atomic E-state index is 0.0481. The number of nitrogen functional groups attached to an aromatic ring is 2. The van der Waals surface area contributed by atoms with E-state index in [2.05, 4.69) is 41.4 Å². The Bertz CT molecular complexity index is 1150. The van der Waals surface area contributed by atoms with Crippen molar-refractivity contribution in [3.05, 3.63) is 83.9 Å². The van der Waals surface area contributed by atoms with E-state index in [-0.39, 0.29) is 11.7 Å². The Hall–Kier alpha value is -3.86. The second kappa shape index (κ2) is 6.46. The number of nitrogens with one attached hydrogen (secondary N) is 3. The first-order chi connectivity index (χ1) is 13.0. The lowest BCUT2D eigenvalue weighted by Gasteiger charge is -2.04. The molecule has 0 radical (unpaired) electrons. The molecule has 27 heavy (non-hydrogen) atoms. The maximum atomic E-state index is 7.84. The molecule has 132 valence electrons. The zero-order valence-electron chi connectivity index (χ0n) is 14.6. The molecule has 0 aliphatic rings. The van der Waals surface area contributed by atoms with Gasteiger partial charge in [0, 0.05) is 27.7 Å². The van der Waals surface area contributed by atoms with Crippen LogP contribution in [0.25, 0.3) is 33.3 Å². The first kappa shape index (κ1) is 16.6. The van der Waals surface area contributed by atoms with Crippen LogP contribution < -0.4 is 11.5 Å². The molecule has 4 aromatic rings. The first-order valence-corrected chi connectivity index (χ1v) is 8.54. The van der Waals surface area contributed by atoms with E-state index in [0.29, 0.717) is 11.1 Å². The summed E-state index contributed by atoms with van der Waals surface area (Å²) in [5, 5.41) is 16.4. The fourth-order valence-corrected chi connectivity index (χ4v) is 3.24. The van der Waals surface area contributed by atoms with Crippen molar-refractivity contribution >= 4 is 22.6 Å². The van der Waals surface area contributed by atoms with Gasteiger partial charge in [0.25, 0.3) is 0 Å². The highest BCUT2D eigenvalue weighted by Crippen LogP contribution is 2.29. The molecule has 0 aliphatic heterocycles. The van der Waals surface area contributed by atoms with Crippen LogP contribution in [0.3, 0.4) is 0 Å². The van der Waals surface area contributed by atoms with Gasteiger partial charge in [-0.3, -0.25) is 10.8 Å². The van der Waals surface area contributed by atoms with Crippen molar-refractivity contribution in [1.29, 1.82) is 10.8 Å². The van der Waals surface area contributed by atoms with Crippen LogP contribution in [-0.4, -0.2) is 16.7 Å². The van der Waals surface area contributed by atoms with Gasteiger partial charge < -0.3 is 16.5 Å². The molecule has 0 fully saturated rings. The quantitative estimate of drug-likeness (QED) is 0.281. The van der Waals surface area contributed by atoms with Crippen molar-refractivity contribution in [2.75, 3.05) is 0 Å². The highest BCUT2D eigenvalue weighted by molar-refractivity contribution is 6.11. The summed E-state index contributed by atoms with van der Waals surface area (Å²) in [5.41, 5.74) is 17.6. The van der Waals surface area contributed by atoms with E-state index in [1.807, 2.05) is 30.3 Å². The average Bonchev–Trinajstić information content (AvgIpc) is 3.12. The van der Waals surface area contributed by atoms with E-state index in [1.54, 1.807) is 6.07 Å². The van der Waals surface area contributed by atoms with Crippen molar-refractivity contribution in [3.8, 4) is 22.4 Å². The van der Waals surface area contributed by atoms with E-state index in [0.717, 1.165) is 27.7 Å². The van der Waals surface area contributed by atoms with Crippen molar-refractivity contribution in [2.45, 2.75) is 0 Å². The molecule has 0 aliphatic carbocycles. The third-order valence-corrected chi connectivity index (χ3v) is 4.64. The summed E-state index contributed by atoms with van der Waals surface area (Å²) in [6, 6.07) is 24.0. The summed E-state index contributed by atoms with van der Waals surface area (Å²) < 4.78 is 0. The predicted octanol–water partition coefficient (Wildman–Crippen LogP) is 4.07. The van der Waals surface area contributed by atoms with Crippen LogP contribution in [0.15, 0.2) is 72.8 Å². The lowest BCUT2D eigenvalue weighted by molar-refractivity contribution is 1.40. The molecule has 0 spiro atoms. The molecule has 0 atom stereocenters. The number of hydrogen-bond acceptors (Lipinski definition) is 2. The minimum atomic E-state index is -0.0530. The Morgan fingerprint density at radius 3 is 1.96 bits per heavy atom. The zero-order chi connectivity index (χ0) is 19.0. The molecular formula is C22H19N5. The summed E-state index contributed by atoms with van der Waals surface area (Å²) in [6.07, 6.45) is 0. The summed E-state index contributed by atoms with van der Waals surface area (Å²) in [4.78, 5) is 3.36. The number of fused-ring (bicyclic) bond motifs is 1. The van der Waals surface area contributed by atoms with E-state index < -0.39 is 0 Å². The van der Waals surface area contributed by atoms with Gasteiger partial charge in [-0.25, -0.2) is 0 Å². The number of amidine groups is 2. The highest BCUT2D eigenvalue weighted by atomic mass is 14.7. The number of hydrogen-bond donors (Lipinski definition) is 5. The molecule has 4 rings (SSSR count). The Morgan fingerprint density at radius 1 is 0.704 bits per heavy atom. The molecule has 1 heterocycles. The van der Waals surface area contributed by atoms with Crippen LogP contribution in [0.4, 0.5) is 0 Å². The Labute approximate surface area is 156 Å². The fraction of sp³-hybridized carbons (Fsp3) is 0. The van der Waals surface area contributed by atoms with Crippen LogP contribution in [0.1, 0.15) is 11.1 Å². The minimum Gasteiger partial charge on any atom is -0.384 e. The van der Waals surface area contributed by atoms with Gasteiger partial charge in [0.05, 0.1) is 0 Å². The van der Waals surface area contributed by atoms with Gasteiger partial charge in [0.1, 0.15) is 11.7 Å². The number of nitrogens with two attached hydrogens (primary N) is 2. The molecule has 5 nitrogen and oxygen atoms in total. The third kappa shape index (κ3) is 3.06. The van der Waals surface area contributed by atoms with Crippen LogP contribution in [-0.2, 0) is 0 Å². The van der Waals surface area contributed by atoms with Crippen LogP contribution in [0, 0.1) is 10.8 Å². The predicted molar refractivity (Wildman–Crippen MR) is 111 cm³/mol. The molecule has 7 N–H and O–H groups in total. The lowest BCUT2D eigenvalue weighted by Crippen LogP contribution is -2.15. The van der Waals surface area contributed by atoms with Crippen LogP contribution in [0.5, 0.6) is 0 Å². The van der Waals surface area contributed by atoms with Crippen molar-refractivity contribution in [2.24, 2.45) is 11.5 Å². The highest BCUT2D eigenvalue weighted by Gasteiger charge is 2.12. The van der Waals surface area contributed by atoms with Crippen LogP contribution >= 0.6 is 0 Å². The number of aromatic amines is 1. The second-order valence-corrected chi connectivity index (χ2v) is 6.44. The molecule has 0 saturated carbocycles. The number of benzene rings is 3. The van der Waals surface area contributed by atoms with Gasteiger partial charge in [-0.15, -0.1) is 0 Å². The summed E-state index contributed by atoms with van der Waals surface area (Å²) in [5.74, 6) is -0.101. The maximum absolute atomic E-state index is 7.84. The number of aromatic nitrogens is 1. The van der Waals surface area contributed by atoms with E-state index in [4.69, 9.17) is 22.3 Å². The second-order valence-electron chi connectivity index (χ2n) is 6.44. The van der Waals surface area contributed by atoms with Gasteiger partial charge in [-0.1, -0.05) is 54.6 Å². The van der Waals surface area contributed by atoms with Gasteiger partial charge in [0.15, 0.2) is 0 Å². The molecule has 0 bridgehead atoms. The van der Waals surface area contributed by atoms with Crippen molar-refractivity contribution in [1.82, 2.24) is 4.98 Å². The first-order valence-electron chi connectivity index (χ1n) is 8.54. The van der Waals surface area contributed by atoms with Gasteiger partial charge >= 0.3 is 0 Å². The van der Waals surface area contributed by atoms with Gasteiger partial charge in [0.2, 0.25) is 0 Å². The lowest BCUT2D eigenvalue weighted by atomic mass is 10.0. The molecule has 1 aromatic heterocycles. The molecule has 0 amide bonds. The third-order valence-electron chi connectivity index (χ3n) is 4.64. The zero-order valence-corrected chi connectivity index (χ0v) is 14.6. The fourth-order valence-electron chi connectivity index (χ4n) is 3.24. The Morgan fingerprint density at radius 2 is 1.33 bits per heavy atom. The van der Waals surface area contributed by atoms with Gasteiger partial charge in [-0.05, 0) is 34.9 Å². The topological polar surface area (TPSA) is 116 Å². The molecule has 5 heteroatoms. The standard InChI is InChI=1S/C22H19N5/c23-21(24)16-10-18(22(25)26)17-12-19(27-20(17)11-16)15-8-6-14(7-9-15)13-4-2-1-3-5-13/h1-12,27H,(H3,23,24)(H3,25,26). The van der Waals surface area contributed by atoms with E-state index in [9.17, 15) is 0 Å². The summed E-state index contributed by atoms with van der Waals surface area (Å²) in [6.45, 7) is 0. The number of rotatable bonds is 4. The maximum Gasteiger partial charge on any atom is 0.123 e. The Kier molecular flexibility index (Phi) is 3.97. The molecule has 0 unspecified atom stereocenters. The number of H-pyrrole nitrogens is 1. The van der Waals surface area contributed by atoms with Crippen LogP contribution in [0.2, 0.25) is 0 Å². The molecular weight excluding hydrogens is 334 g/mol. The van der Waals surface area contributed by atoms with Crippen molar-refractivity contribution in [3.63, 3.8) is 0 Å². The Balaban J connectivity index is 1.79. The monoisotopic (exact) mass is 353 g/mol. The summed E-state index contributed by atoms with van der Waals surface area (Å²) >= 11 is 0. The largest absolute Gasteiger partial charge is 0.384 e. The van der Waals surface area contributed by atoms with Crippen molar-refractivity contribution < 1.29 is 0 Å². The normalized spacial score (nSPS) is 10.8. The SMILES string of the molecule is N=C(N)c1cc(C(=N)N)c2cc(-c3ccc(-c4ccccc4)cc3)[nH]c2c1. The molecule has 0 saturated heterocycles. The molecule has 3 aromatic carbocycles. The summed E-state index contributed by atoms with van der Waals surface area (Å²) in [7, 11) is 0. The van der Waals surface area contributed by atoms with E-state index in [1.165, 1.54) is 5.56 Å². The van der Waals surface area contributed by atoms with E-state index >= 15 is 0 Å². The average molecular weight is 353 g/mol. The smallest absolute Gasteiger partial charge is 0.123 e.